The molecule has 120 valence electrons. The van der Waals surface area contributed by atoms with E-state index >= 15 is 0 Å². The average Bonchev–Trinajstić information content (AvgIpc) is 2.41. The highest BCUT2D eigenvalue weighted by molar-refractivity contribution is 5.95. The monoisotopic (exact) mass is 303 g/mol. The maximum absolute atomic E-state index is 11.3. The summed E-state index contributed by atoms with van der Waals surface area (Å²) in [5.41, 5.74) is 0. The largest absolute Gasteiger partial charge is 0.481 e. The maximum atomic E-state index is 11.3. The number of nitrogens with one attached hydrogen (secondary N) is 3. The summed E-state index contributed by atoms with van der Waals surface area (Å²) in [6.07, 6.45) is 0.789. The number of ether oxygens (including phenoxy) is 1. The quantitative estimate of drug-likeness (QED) is 0.391. The molecule has 0 aromatic heterocycles. The van der Waals surface area contributed by atoms with Crippen LogP contribution in [0.2, 0.25) is 0 Å². The second-order valence-electron chi connectivity index (χ2n) is 4.17. The molecule has 0 aliphatic carbocycles. The summed E-state index contributed by atoms with van der Waals surface area (Å²) < 4.78 is 4.74. The molecule has 9 nitrogen and oxygen atoms in total. The van der Waals surface area contributed by atoms with Crippen molar-refractivity contribution in [3.05, 3.63) is 0 Å². The van der Waals surface area contributed by atoms with Crippen molar-refractivity contribution >= 4 is 23.8 Å². The standard InChI is InChI=1S/C12H21N3O6/c1-21-7-6-13-10(17)8-14-12(20)15-9(16)4-2-3-5-11(18)19/h2-8H2,1H3,(H,13,17)(H,18,19)(H2,14,15,16,20). The number of carbonyl (C=O) groups excluding carboxylic acids is 3. The van der Waals surface area contributed by atoms with Crippen molar-refractivity contribution in [2.24, 2.45) is 0 Å². The van der Waals surface area contributed by atoms with Gasteiger partial charge in [0.15, 0.2) is 0 Å². The van der Waals surface area contributed by atoms with Crippen LogP contribution in [0.3, 0.4) is 0 Å². The summed E-state index contributed by atoms with van der Waals surface area (Å²) >= 11 is 0. The lowest BCUT2D eigenvalue weighted by Crippen LogP contribution is -2.44. The first kappa shape index (κ1) is 18.8. The molecular formula is C12H21N3O6. The lowest BCUT2D eigenvalue weighted by atomic mass is 10.2. The van der Waals surface area contributed by atoms with Crippen LogP contribution in [-0.2, 0) is 19.1 Å². The summed E-state index contributed by atoms with van der Waals surface area (Å²) in [6.45, 7) is 0.454. The van der Waals surface area contributed by atoms with Gasteiger partial charge in [-0.1, -0.05) is 0 Å². The number of rotatable bonds is 10. The van der Waals surface area contributed by atoms with E-state index in [-0.39, 0.29) is 19.4 Å². The SMILES string of the molecule is COCCNC(=O)CNC(=O)NC(=O)CCCCC(=O)O. The molecule has 9 heteroatoms. The molecule has 0 aromatic carbocycles. The lowest BCUT2D eigenvalue weighted by molar-refractivity contribution is -0.137. The van der Waals surface area contributed by atoms with Crippen LogP contribution in [0, 0.1) is 0 Å². The van der Waals surface area contributed by atoms with E-state index < -0.39 is 23.8 Å². The van der Waals surface area contributed by atoms with Gasteiger partial charge in [0, 0.05) is 26.5 Å². The van der Waals surface area contributed by atoms with Crippen LogP contribution < -0.4 is 16.0 Å². The Morgan fingerprint density at radius 1 is 1.00 bits per heavy atom. The van der Waals surface area contributed by atoms with Gasteiger partial charge in [-0.05, 0) is 12.8 Å². The first-order chi connectivity index (χ1) is 9.95. The van der Waals surface area contributed by atoms with Crippen molar-refractivity contribution in [1.29, 1.82) is 0 Å². The van der Waals surface area contributed by atoms with E-state index in [1.807, 2.05) is 5.32 Å². The summed E-state index contributed by atoms with van der Waals surface area (Å²) in [7, 11) is 1.50. The van der Waals surface area contributed by atoms with Gasteiger partial charge < -0.3 is 20.5 Å². The number of imide groups is 1. The van der Waals surface area contributed by atoms with Gasteiger partial charge in [0.25, 0.3) is 0 Å². The van der Waals surface area contributed by atoms with Gasteiger partial charge in [0.1, 0.15) is 0 Å². The molecule has 0 aliphatic heterocycles. The highest BCUT2D eigenvalue weighted by atomic mass is 16.5. The topological polar surface area (TPSA) is 134 Å². The van der Waals surface area contributed by atoms with Crippen LogP contribution in [0.25, 0.3) is 0 Å². The third-order valence-corrected chi connectivity index (χ3v) is 2.34. The number of carbonyl (C=O) groups is 4. The molecule has 4 N–H and O–H groups in total. The fraction of sp³-hybridized carbons (Fsp3) is 0.667. The van der Waals surface area contributed by atoms with Crippen LogP contribution in [0.4, 0.5) is 4.79 Å². The fourth-order valence-corrected chi connectivity index (χ4v) is 1.31. The smallest absolute Gasteiger partial charge is 0.321 e. The molecular weight excluding hydrogens is 282 g/mol. The summed E-state index contributed by atoms with van der Waals surface area (Å²) in [5.74, 6) is -1.83. The minimum absolute atomic E-state index is 0.0128. The Morgan fingerprint density at radius 2 is 1.67 bits per heavy atom. The number of unbranched alkanes of at least 4 members (excludes halogenated alkanes) is 1. The molecule has 0 rings (SSSR count). The molecule has 4 amide bonds. The van der Waals surface area contributed by atoms with Crippen LogP contribution in [0.1, 0.15) is 25.7 Å². The average molecular weight is 303 g/mol. The highest BCUT2D eigenvalue weighted by Gasteiger charge is 2.09. The Bertz CT molecular complexity index is 372. The molecule has 0 unspecified atom stereocenters. The summed E-state index contributed by atoms with van der Waals surface area (Å²) in [6, 6.07) is -0.764. The Balaban J connectivity index is 3.66. The van der Waals surface area contributed by atoms with E-state index in [4.69, 9.17) is 9.84 Å². The third-order valence-electron chi connectivity index (χ3n) is 2.34. The Labute approximate surface area is 122 Å². The number of methoxy groups -OCH3 is 1. The fourth-order valence-electron chi connectivity index (χ4n) is 1.31. The number of carboxylic acids is 1. The van der Waals surface area contributed by atoms with E-state index in [1.54, 1.807) is 0 Å². The number of hydrogen-bond acceptors (Lipinski definition) is 5. The van der Waals surface area contributed by atoms with Crippen molar-refractivity contribution in [2.75, 3.05) is 26.8 Å². The Morgan fingerprint density at radius 3 is 2.29 bits per heavy atom. The molecule has 0 fully saturated rings. The predicted molar refractivity (Wildman–Crippen MR) is 72.5 cm³/mol. The van der Waals surface area contributed by atoms with Crippen LogP contribution >= 0.6 is 0 Å². The second-order valence-corrected chi connectivity index (χ2v) is 4.17. The van der Waals surface area contributed by atoms with E-state index in [1.165, 1.54) is 7.11 Å². The van der Waals surface area contributed by atoms with Gasteiger partial charge >= 0.3 is 12.0 Å². The number of urea groups is 1. The zero-order chi connectivity index (χ0) is 16.1. The zero-order valence-electron chi connectivity index (χ0n) is 11.9. The van der Waals surface area contributed by atoms with Gasteiger partial charge in [-0.3, -0.25) is 19.7 Å². The van der Waals surface area contributed by atoms with E-state index in [0.717, 1.165) is 0 Å². The maximum Gasteiger partial charge on any atom is 0.321 e. The number of aliphatic carboxylic acids is 1. The van der Waals surface area contributed by atoms with Gasteiger partial charge in [-0.25, -0.2) is 4.79 Å². The van der Waals surface area contributed by atoms with E-state index in [9.17, 15) is 19.2 Å². The van der Waals surface area contributed by atoms with E-state index in [0.29, 0.717) is 26.0 Å². The second kappa shape index (κ2) is 11.6. The van der Waals surface area contributed by atoms with Crippen molar-refractivity contribution in [3.8, 4) is 0 Å². The molecule has 0 spiro atoms. The van der Waals surface area contributed by atoms with Crippen molar-refractivity contribution in [3.63, 3.8) is 0 Å². The molecule has 0 saturated carbocycles. The number of amides is 4. The molecule has 0 radical (unpaired) electrons. The predicted octanol–water partition coefficient (Wildman–Crippen LogP) is -0.780. The number of hydrogen-bond donors (Lipinski definition) is 4. The molecule has 0 saturated heterocycles. The van der Waals surface area contributed by atoms with Gasteiger partial charge in [0.2, 0.25) is 11.8 Å². The third kappa shape index (κ3) is 12.6. The molecule has 0 aliphatic rings. The van der Waals surface area contributed by atoms with Crippen molar-refractivity contribution < 1.29 is 29.0 Å². The summed E-state index contributed by atoms with van der Waals surface area (Å²) in [5, 5.41) is 15.2. The lowest BCUT2D eigenvalue weighted by Gasteiger charge is -2.07. The van der Waals surface area contributed by atoms with E-state index in [2.05, 4.69) is 10.6 Å². The Kier molecular flexibility index (Phi) is 10.5. The minimum atomic E-state index is -0.923. The molecule has 0 atom stereocenters. The molecule has 0 aromatic rings. The minimum Gasteiger partial charge on any atom is -0.481 e. The van der Waals surface area contributed by atoms with Crippen molar-refractivity contribution in [1.82, 2.24) is 16.0 Å². The molecule has 21 heavy (non-hydrogen) atoms. The molecule has 0 heterocycles. The van der Waals surface area contributed by atoms with Gasteiger partial charge in [-0.2, -0.15) is 0 Å². The highest BCUT2D eigenvalue weighted by Crippen LogP contribution is 1.99. The van der Waals surface area contributed by atoms with Gasteiger partial charge in [-0.15, -0.1) is 0 Å². The van der Waals surface area contributed by atoms with Crippen LogP contribution in [-0.4, -0.2) is 55.7 Å². The van der Waals surface area contributed by atoms with Crippen molar-refractivity contribution in [2.45, 2.75) is 25.7 Å². The van der Waals surface area contributed by atoms with Crippen LogP contribution in [0.15, 0.2) is 0 Å². The van der Waals surface area contributed by atoms with Crippen LogP contribution in [0.5, 0.6) is 0 Å². The number of carboxylic acid groups (broad SMARTS) is 1. The summed E-state index contributed by atoms with van der Waals surface area (Å²) in [4.78, 5) is 44.1. The Hall–Kier alpha value is -2.16. The normalized spacial score (nSPS) is 9.76. The zero-order valence-corrected chi connectivity index (χ0v) is 11.9. The van der Waals surface area contributed by atoms with Gasteiger partial charge in [0.05, 0.1) is 13.2 Å². The first-order valence-electron chi connectivity index (χ1n) is 6.50. The first-order valence-corrected chi connectivity index (χ1v) is 6.50. The molecule has 0 bridgehead atoms.